The Labute approximate surface area is 407 Å². The Morgan fingerprint density at radius 2 is 0.783 bits per heavy atom. The van der Waals surface area contributed by atoms with Crippen molar-refractivity contribution in [3.05, 3.63) is 109 Å². The maximum Gasteiger partial charge on any atom is 1.00 e. The van der Waals surface area contributed by atoms with Crippen molar-refractivity contribution in [2.24, 2.45) is 17.8 Å². The Morgan fingerprint density at radius 3 is 0.967 bits per heavy atom. The van der Waals surface area contributed by atoms with Gasteiger partial charge in [0.25, 0.3) is 0 Å². The van der Waals surface area contributed by atoms with Crippen molar-refractivity contribution in [1.29, 1.82) is 0 Å². The average molecular weight is 1090 g/mol. The Hall–Kier alpha value is -1.42. The predicted octanol–water partition coefficient (Wildman–Crippen LogP) is 10.9. The molecule has 0 amide bonds. The molecule has 3 aromatic carbocycles. The summed E-state index contributed by atoms with van der Waals surface area (Å²) in [6, 6.07) is 16.4. The van der Waals surface area contributed by atoms with Crippen molar-refractivity contribution in [2.75, 3.05) is 6.61 Å². The zero-order valence-corrected chi connectivity index (χ0v) is 39.0. The van der Waals surface area contributed by atoms with Crippen LogP contribution in [0, 0.1) is 22.7 Å². The Kier molecular flexibility index (Phi) is 37.8. The van der Waals surface area contributed by atoms with E-state index in [1.165, 1.54) is 72.8 Å². The summed E-state index contributed by atoms with van der Waals surface area (Å²) >= 11 is 18.8. The first kappa shape index (κ1) is 70.3. The third-order valence-electron chi connectivity index (χ3n) is 7.81. The van der Waals surface area contributed by atoms with E-state index in [0.29, 0.717) is 15.1 Å². The summed E-state index contributed by atoms with van der Waals surface area (Å²) in [5.74, 6) is -14.2. The number of carboxylic acids is 2. The number of alkyl halides is 9. The first-order chi connectivity index (χ1) is 25.2. The molecular formula is C38H45Cl3F9INaO7V-. The molecule has 0 bridgehead atoms. The Balaban J connectivity index is -0.000000172. The summed E-state index contributed by atoms with van der Waals surface area (Å²) in [6.07, 6.45) is -13.6. The summed E-state index contributed by atoms with van der Waals surface area (Å²) in [5, 5.41) is 18.9. The number of carboxylic acid groups (broad SMARTS) is 2. The topological polar surface area (TPSA) is 131 Å². The van der Waals surface area contributed by atoms with Crippen LogP contribution in [-0.2, 0) is 37.7 Å². The molecule has 337 valence electrons. The van der Waals surface area contributed by atoms with Gasteiger partial charge in [0.15, 0.2) is 0 Å². The van der Waals surface area contributed by atoms with E-state index in [-0.39, 0.29) is 91.7 Å². The van der Waals surface area contributed by atoms with Gasteiger partial charge >= 0.3 is 66.0 Å². The zero-order chi connectivity index (χ0) is 43.1. The van der Waals surface area contributed by atoms with Crippen LogP contribution < -0.4 is 29.6 Å². The molecule has 0 aliphatic carbocycles. The van der Waals surface area contributed by atoms with Crippen LogP contribution in [0.4, 0.5) is 39.5 Å². The number of hydrogen-bond donors (Lipinski definition) is 2. The first-order valence-corrected chi connectivity index (χ1v) is 18.2. The molecule has 0 aromatic heterocycles. The molecule has 1 unspecified atom stereocenters. The summed E-state index contributed by atoms with van der Waals surface area (Å²) in [5.41, 5.74) is 0.422. The van der Waals surface area contributed by atoms with Gasteiger partial charge in [-0.1, -0.05) is 107 Å². The normalized spacial score (nSPS) is 13.5. The molecule has 22 heteroatoms. The molecule has 0 saturated carbocycles. The van der Waals surface area contributed by atoms with Gasteiger partial charge in [0.2, 0.25) is 0 Å². The van der Waals surface area contributed by atoms with E-state index in [1.54, 1.807) is 6.92 Å². The van der Waals surface area contributed by atoms with Crippen LogP contribution in [0.15, 0.2) is 72.8 Å². The molecule has 3 N–H and O–H groups in total. The number of halogens is 13. The molecule has 0 heterocycles. The quantitative estimate of drug-likeness (QED) is 0.0680. The standard InChI is InChI=1S/C13H14ClF3O2.2C11H10ClF3O2.CH2I.2CH4.Na.H2O.V/c1-3-19-12(18)11(8(2)13(15,16)17)9-4-6-10(14)7-5-9;2*1-6(11(13,14)15)9(10(16)17)7-2-4-8(12)5-3-7;1-2;;;;;/h4-8,11H,3H2,1-2H3;2*2-6,9H,1H3,(H,16,17);1H2;2*1H4;;1H2;/q;;;-1;;;+1;;/p-1/t8-,11?;2*6-,9+;;;;;;/m111....../s1. The summed E-state index contributed by atoms with van der Waals surface area (Å²) < 4.78 is 118. The van der Waals surface area contributed by atoms with Crippen LogP contribution in [0.1, 0.15) is 77.0 Å². The predicted molar refractivity (Wildman–Crippen MR) is 215 cm³/mol. The minimum atomic E-state index is -4.55. The first-order valence-electron chi connectivity index (χ1n) is 15.6. The van der Waals surface area contributed by atoms with Crippen molar-refractivity contribution >= 4 is 75.3 Å². The molecule has 0 aliphatic rings. The van der Waals surface area contributed by atoms with Gasteiger partial charge in [-0.25, -0.2) is 0 Å². The fourth-order valence-corrected chi connectivity index (χ4v) is 5.11. The molecule has 60 heavy (non-hydrogen) atoms. The number of esters is 1. The molecule has 0 aliphatic heterocycles. The van der Waals surface area contributed by atoms with Crippen LogP contribution in [0.2, 0.25) is 15.1 Å². The molecule has 1 radical (unpaired) electrons. The number of carbonyl (C=O) groups excluding carboxylic acids is 1. The van der Waals surface area contributed by atoms with Crippen molar-refractivity contribution in [3.8, 4) is 0 Å². The fourth-order valence-electron chi connectivity index (χ4n) is 4.73. The second-order valence-corrected chi connectivity index (χ2v) is 12.8. The van der Waals surface area contributed by atoms with E-state index >= 15 is 0 Å². The van der Waals surface area contributed by atoms with E-state index in [0.717, 1.165) is 20.8 Å². The van der Waals surface area contributed by atoms with Crippen LogP contribution in [0.5, 0.6) is 0 Å². The van der Waals surface area contributed by atoms with Gasteiger partial charge in [0.1, 0.15) is 0 Å². The second kappa shape index (κ2) is 32.3. The molecular weight excluding hydrogens is 1050 g/mol. The van der Waals surface area contributed by atoms with Crippen molar-refractivity contribution in [3.63, 3.8) is 0 Å². The van der Waals surface area contributed by atoms with Crippen LogP contribution in [0.3, 0.4) is 0 Å². The molecule has 0 spiro atoms. The van der Waals surface area contributed by atoms with Crippen LogP contribution in [0.25, 0.3) is 0 Å². The molecule has 6 atom stereocenters. The fraction of sp³-hybridized carbons (Fsp3) is 0.421. The number of benzene rings is 3. The van der Waals surface area contributed by atoms with Crippen LogP contribution in [-0.4, -0.2) is 58.7 Å². The summed E-state index contributed by atoms with van der Waals surface area (Å²) in [6.45, 7) is 4.26. The molecule has 7 nitrogen and oxygen atoms in total. The molecule has 3 rings (SSSR count). The van der Waals surface area contributed by atoms with Crippen LogP contribution >= 0.6 is 57.4 Å². The third-order valence-corrected chi connectivity index (χ3v) is 8.56. The van der Waals surface area contributed by atoms with Gasteiger partial charge in [-0.15, -0.1) is 0 Å². The maximum atomic E-state index is 12.8. The molecule has 3 aromatic rings. The van der Waals surface area contributed by atoms with E-state index in [4.69, 9.17) is 49.8 Å². The third kappa shape index (κ3) is 23.9. The smallest absolute Gasteiger partial charge is 0.870 e. The monoisotopic (exact) mass is 1090 g/mol. The van der Waals surface area contributed by atoms with Gasteiger partial charge in [0, 0.05) is 33.6 Å². The average Bonchev–Trinajstić information content (AvgIpc) is 3.07. The SMILES string of the molecule is C.C.CCOC(=O)C(c1ccc(Cl)cc1)[C@@H](C)C(F)(F)F.C[C@H]([C@H](C(=O)O)c1ccc(Cl)cc1)C(F)(F)F.C[C@H]([C@H](C(=O)O)c1ccc(Cl)cc1)C(F)(F)F.[CH2-]I.[Na+].[OH-].[V]. The van der Waals surface area contributed by atoms with E-state index < -0.39 is 71.9 Å². The Morgan fingerprint density at radius 1 is 0.583 bits per heavy atom. The number of ether oxygens (including phenoxy) is 1. The van der Waals surface area contributed by atoms with Gasteiger partial charge < -0.3 is 43.0 Å². The largest absolute Gasteiger partial charge is 1.00 e. The van der Waals surface area contributed by atoms with E-state index in [1.807, 2.05) is 22.6 Å². The maximum absolute atomic E-state index is 12.8. The number of hydrogen-bond acceptors (Lipinski definition) is 5. The van der Waals surface area contributed by atoms with Crippen molar-refractivity contribution in [1.82, 2.24) is 0 Å². The van der Waals surface area contributed by atoms with Gasteiger partial charge in [-0.05, 0) is 60.0 Å². The minimum absolute atomic E-state index is 0. The number of carbonyl (C=O) groups is 3. The van der Waals surface area contributed by atoms with Gasteiger partial charge in [-0.3, -0.25) is 19.3 Å². The molecule has 0 saturated heterocycles. The van der Waals surface area contributed by atoms with Crippen molar-refractivity contribution in [2.45, 2.75) is 78.8 Å². The second-order valence-electron chi connectivity index (χ2n) is 11.5. The molecule has 0 fully saturated rings. The summed E-state index contributed by atoms with van der Waals surface area (Å²) in [4.78, 5) is 36.9. The number of rotatable bonds is 10. The minimum Gasteiger partial charge on any atom is -0.870 e. The van der Waals surface area contributed by atoms with Gasteiger partial charge in [0.05, 0.1) is 42.1 Å². The van der Waals surface area contributed by atoms with Crippen molar-refractivity contribution < 1.29 is 122 Å². The van der Waals surface area contributed by atoms with E-state index in [9.17, 15) is 53.9 Å². The van der Waals surface area contributed by atoms with Gasteiger partial charge in [-0.2, -0.15) is 39.5 Å². The van der Waals surface area contributed by atoms with E-state index in [2.05, 4.69) is 4.93 Å². The zero-order valence-electron chi connectivity index (χ0n) is 31.1. The Bertz CT molecular complexity index is 1560. The summed E-state index contributed by atoms with van der Waals surface area (Å²) in [7, 11) is 0. The number of aliphatic carboxylic acids is 2.